The molecule has 4 aromatic carbocycles. The Kier molecular flexibility index (Phi) is 2.57. The summed E-state index contributed by atoms with van der Waals surface area (Å²) in [6, 6.07) is 26.5. The first kappa shape index (κ1) is 14.3. The van der Waals surface area contributed by atoms with Crippen LogP contribution in [0.4, 0.5) is 0 Å². The monoisotopic (exact) mass is 350 g/mol. The van der Waals surface area contributed by atoms with Gasteiger partial charge in [-0.1, -0.05) is 67.7 Å². The number of para-hydroxylation sites is 1. The minimum absolute atomic E-state index is 0.963. The molecule has 2 heteroatoms. The minimum Gasteiger partial charge on any atom is -0.456 e. The van der Waals surface area contributed by atoms with E-state index in [4.69, 9.17) is 4.42 Å². The molecule has 1 aliphatic rings. The van der Waals surface area contributed by atoms with Crippen molar-refractivity contribution in [2.75, 3.05) is 0 Å². The van der Waals surface area contributed by atoms with Gasteiger partial charge in [-0.3, -0.25) is 0 Å². The van der Waals surface area contributed by atoms with Crippen molar-refractivity contribution in [1.82, 2.24) is 0 Å². The fourth-order valence-corrected chi connectivity index (χ4v) is 7.82. The summed E-state index contributed by atoms with van der Waals surface area (Å²) in [6.07, 6.45) is 0. The van der Waals surface area contributed by atoms with Crippen molar-refractivity contribution in [3.05, 3.63) is 72.8 Å². The zero-order valence-corrected chi connectivity index (χ0v) is 15.8. The van der Waals surface area contributed by atoms with Gasteiger partial charge >= 0.3 is 0 Å². The van der Waals surface area contributed by atoms with E-state index in [-0.39, 0.29) is 0 Å². The summed E-state index contributed by atoms with van der Waals surface area (Å²) < 4.78 is 6.10. The molecule has 0 spiro atoms. The van der Waals surface area contributed by atoms with Crippen LogP contribution < -0.4 is 10.4 Å². The van der Waals surface area contributed by atoms with Crippen molar-refractivity contribution in [2.45, 2.75) is 13.1 Å². The van der Waals surface area contributed by atoms with Crippen molar-refractivity contribution < 1.29 is 4.42 Å². The molecule has 0 amide bonds. The highest BCUT2D eigenvalue weighted by molar-refractivity contribution is 7.04. The van der Waals surface area contributed by atoms with E-state index < -0.39 is 8.07 Å². The van der Waals surface area contributed by atoms with Gasteiger partial charge in [0.15, 0.2) is 0 Å². The Morgan fingerprint density at radius 3 is 2.38 bits per heavy atom. The van der Waals surface area contributed by atoms with E-state index in [0.717, 1.165) is 11.2 Å². The van der Waals surface area contributed by atoms with Crippen molar-refractivity contribution >= 4 is 51.2 Å². The van der Waals surface area contributed by atoms with Crippen LogP contribution >= 0.6 is 0 Å². The molecule has 124 valence electrons. The molecule has 0 bridgehead atoms. The first-order valence-corrected chi connectivity index (χ1v) is 12.1. The van der Waals surface area contributed by atoms with Gasteiger partial charge < -0.3 is 4.42 Å². The van der Waals surface area contributed by atoms with Crippen LogP contribution in [-0.4, -0.2) is 8.07 Å². The average molecular weight is 350 g/mol. The van der Waals surface area contributed by atoms with Crippen LogP contribution in [0.5, 0.6) is 0 Å². The number of benzene rings is 4. The summed E-state index contributed by atoms with van der Waals surface area (Å²) >= 11 is 0. The van der Waals surface area contributed by atoms with E-state index in [1.807, 2.05) is 6.07 Å². The third kappa shape index (κ3) is 1.65. The van der Waals surface area contributed by atoms with Crippen LogP contribution in [-0.2, 0) is 0 Å². The van der Waals surface area contributed by atoms with E-state index in [9.17, 15) is 0 Å². The molecule has 0 unspecified atom stereocenters. The Morgan fingerprint density at radius 1 is 0.654 bits per heavy atom. The van der Waals surface area contributed by atoms with Crippen LogP contribution in [0, 0.1) is 0 Å². The van der Waals surface area contributed by atoms with Crippen LogP contribution in [0.2, 0.25) is 13.1 Å². The minimum atomic E-state index is -1.63. The molecule has 1 aliphatic heterocycles. The highest BCUT2D eigenvalue weighted by Crippen LogP contribution is 2.38. The first-order chi connectivity index (χ1) is 12.6. The Hall–Kier alpha value is -2.84. The number of hydrogen-bond acceptors (Lipinski definition) is 1. The lowest BCUT2D eigenvalue weighted by Crippen LogP contribution is -2.49. The summed E-state index contributed by atoms with van der Waals surface area (Å²) in [5.74, 6) is 0. The molecule has 0 fully saturated rings. The number of hydrogen-bond donors (Lipinski definition) is 0. The lowest BCUT2D eigenvalue weighted by Gasteiger charge is -2.18. The Bertz CT molecular complexity index is 1360. The van der Waals surface area contributed by atoms with Gasteiger partial charge in [0.25, 0.3) is 0 Å². The van der Waals surface area contributed by atoms with Gasteiger partial charge in [-0.2, -0.15) is 0 Å². The number of rotatable bonds is 0. The zero-order valence-electron chi connectivity index (χ0n) is 14.8. The van der Waals surface area contributed by atoms with Gasteiger partial charge in [-0.15, -0.1) is 0 Å². The van der Waals surface area contributed by atoms with Gasteiger partial charge in [0.05, 0.1) is 0 Å². The first-order valence-electron chi connectivity index (χ1n) is 9.13. The van der Waals surface area contributed by atoms with E-state index >= 15 is 0 Å². The highest BCUT2D eigenvalue weighted by Gasteiger charge is 2.37. The SMILES string of the molecule is C[Si]1(C)c2ccccc2-c2c1ccc1cc3oc4ccccc4c3cc21. The normalized spacial score (nSPS) is 14.8. The quantitative estimate of drug-likeness (QED) is 0.334. The summed E-state index contributed by atoms with van der Waals surface area (Å²) in [5, 5.41) is 8.14. The van der Waals surface area contributed by atoms with Gasteiger partial charge in [0, 0.05) is 10.8 Å². The lowest BCUT2D eigenvalue weighted by atomic mass is 9.97. The fourth-order valence-electron chi connectivity index (χ4n) is 4.75. The molecule has 0 N–H and O–H groups in total. The number of furan rings is 1. The van der Waals surface area contributed by atoms with Crippen LogP contribution in [0.25, 0.3) is 43.8 Å². The molecule has 1 aromatic heterocycles. The Balaban J connectivity index is 1.82. The van der Waals surface area contributed by atoms with Crippen molar-refractivity contribution in [2.24, 2.45) is 0 Å². The molecule has 26 heavy (non-hydrogen) atoms. The molecule has 0 saturated carbocycles. The van der Waals surface area contributed by atoms with E-state index in [1.54, 1.807) is 10.4 Å². The molecule has 0 saturated heterocycles. The third-order valence-electron chi connectivity index (χ3n) is 6.06. The molecule has 2 heterocycles. The molecule has 0 radical (unpaired) electrons. The maximum Gasteiger partial charge on any atom is 0.136 e. The van der Waals surface area contributed by atoms with Crippen LogP contribution in [0.3, 0.4) is 0 Å². The average Bonchev–Trinajstić information content (AvgIpc) is 3.13. The maximum absolute atomic E-state index is 6.10. The maximum atomic E-state index is 6.10. The topological polar surface area (TPSA) is 13.1 Å². The van der Waals surface area contributed by atoms with Crippen LogP contribution in [0.1, 0.15) is 0 Å². The second kappa shape index (κ2) is 4.66. The highest BCUT2D eigenvalue weighted by atomic mass is 28.3. The second-order valence-electron chi connectivity index (χ2n) is 7.83. The summed E-state index contributed by atoms with van der Waals surface area (Å²) in [7, 11) is -1.63. The lowest BCUT2D eigenvalue weighted by molar-refractivity contribution is 0.669. The van der Waals surface area contributed by atoms with Gasteiger partial charge in [-0.25, -0.2) is 0 Å². The Labute approximate surface area is 152 Å². The molecule has 0 aliphatic carbocycles. The molecular weight excluding hydrogens is 332 g/mol. The van der Waals surface area contributed by atoms with Crippen molar-refractivity contribution in [3.8, 4) is 11.1 Å². The van der Waals surface area contributed by atoms with Crippen molar-refractivity contribution in [1.29, 1.82) is 0 Å². The predicted octanol–water partition coefficient (Wildman–Crippen LogP) is 5.54. The standard InChI is InChI=1S/C24H18OSi/c1-26(2)22-10-6-4-8-17(22)24-18-14-19-16-7-3-5-9-20(16)25-21(19)13-15(18)11-12-23(24)26/h3-14H,1-2H3. The smallest absolute Gasteiger partial charge is 0.136 e. The summed E-state index contributed by atoms with van der Waals surface area (Å²) in [4.78, 5) is 0. The van der Waals surface area contributed by atoms with E-state index in [1.165, 1.54) is 32.7 Å². The largest absolute Gasteiger partial charge is 0.456 e. The molecule has 1 nitrogen and oxygen atoms in total. The molecule has 0 atom stereocenters. The predicted molar refractivity (Wildman–Crippen MR) is 113 cm³/mol. The summed E-state index contributed by atoms with van der Waals surface area (Å²) in [5.41, 5.74) is 4.81. The number of fused-ring (bicyclic) bond motifs is 8. The molecule has 6 rings (SSSR count). The van der Waals surface area contributed by atoms with E-state index in [2.05, 4.69) is 79.8 Å². The molecule has 5 aromatic rings. The Morgan fingerprint density at radius 2 is 1.46 bits per heavy atom. The molecular formula is C24H18OSi. The fraction of sp³-hybridized carbons (Fsp3) is 0.0833. The third-order valence-corrected chi connectivity index (χ3v) is 9.61. The summed E-state index contributed by atoms with van der Waals surface area (Å²) in [6.45, 7) is 4.94. The zero-order chi connectivity index (χ0) is 17.5. The van der Waals surface area contributed by atoms with Crippen molar-refractivity contribution in [3.63, 3.8) is 0 Å². The van der Waals surface area contributed by atoms with Gasteiger partial charge in [0.1, 0.15) is 19.2 Å². The van der Waals surface area contributed by atoms with E-state index in [0.29, 0.717) is 0 Å². The second-order valence-corrected chi connectivity index (χ2v) is 12.2. The van der Waals surface area contributed by atoms with Gasteiger partial charge in [-0.05, 0) is 50.5 Å². The van der Waals surface area contributed by atoms with Gasteiger partial charge in [0.2, 0.25) is 0 Å². The van der Waals surface area contributed by atoms with Crippen LogP contribution in [0.15, 0.2) is 77.2 Å².